The van der Waals surface area contributed by atoms with Gasteiger partial charge in [-0.3, -0.25) is 4.79 Å². The highest BCUT2D eigenvalue weighted by Gasteiger charge is 2.49. The van der Waals surface area contributed by atoms with E-state index in [9.17, 15) is 9.59 Å². The molecule has 1 saturated carbocycles. The van der Waals surface area contributed by atoms with Crippen molar-refractivity contribution >= 4 is 18.2 Å². The van der Waals surface area contributed by atoms with Gasteiger partial charge in [0.2, 0.25) is 0 Å². The highest BCUT2D eigenvalue weighted by molar-refractivity contribution is 6.07. The Hall–Kier alpha value is -3.09. The largest absolute Gasteiger partial charge is 0.497 e. The summed E-state index contributed by atoms with van der Waals surface area (Å²) in [5.74, 6) is 2.76. The number of furan rings is 1. The summed E-state index contributed by atoms with van der Waals surface area (Å²) in [5.41, 5.74) is -0.527. The summed E-state index contributed by atoms with van der Waals surface area (Å²) in [5, 5.41) is 7.60. The van der Waals surface area contributed by atoms with E-state index in [-0.39, 0.29) is 0 Å². The standard InChI is InChI=1S/C20H21N3O4/c1-12-10-16(12)17-9-8-15(27-17)11-21-23-18(24)20(2,22-19(23)25)13-4-6-14(26-3)7-5-13/h4-9,11-12,16H,10H2,1-3H3,(H,22,25)/b21-11-/t12-,16-,20+/m0/s1. The molecule has 2 aromatic rings. The molecule has 7 heteroatoms. The van der Waals surface area contributed by atoms with Gasteiger partial charge in [0.25, 0.3) is 5.91 Å². The summed E-state index contributed by atoms with van der Waals surface area (Å²) in [4.78, 5) is 25.2. The Kier molecular flexibility index (Phi) is 4.02. The summed E-state index contributed by atoms with van der Waals surface area (Å²) >= 11 is 0. The van der Waals surface area contributed by atoms with E-state index in [0.717, 1.165) is 17.2 Å². The molecule has 2 heterocycles. The molecule has 0 spiro atoms. The maximum absolute atomic E-state index is 12.8. The lowest BCUT2D eigenvalue weighted by Gasteiger charge is -2.21. The van der Waals surface area contributed by atoms with Crippen LogP contribution in [0.25, 0.3) is 0 Å². The minimum absolute atomic E-state index is 0.448. The lowest BCUT2D eigenvalue weighted by atomic mass is 9.92. The summed E-state index contributed by atoms with van der Waals surface area (Å²) in [7, 11) is 1.57. The molecule has 3 atom stereocenters. The maximum Gasteiger partial charge on any atom is 0.346 e. The van der Waals surface area contributed by atoms with Gasteiger partial charge in [0.1, 0.15) is 22.8 Å². The molecule has 1 aromatic carbocycles. The number of rotatable bonds is 5. The molecule has 7 nitrogen and oxygen atoms in total. The van der Waals surface area contributed by atoms with Gasteiger partial charge in [0.05, 0.1) is 13.3 Å². The van der Waals surface area contributed by atoms with Crippen LogP contribution in [0.3, 0.4) is 0 Å². The van der Waals surface area contributed by atoms with Gasteiger partial charge in [-0.05, 0) is 49.1 Å². The van der Waals surface area contributed by atoms with Crippen LogP contribution in [0.2, 0.25) is 0 Å². The fraction of sp³-hybridized carbons (Fsp3) is 0.350. The normalized spacial score (nSPS) is 27.3. The molecule has 2 aliphatic rings. The molecule has 27 heavy (non-hydrogen) atoms. The van der Waals surface area contributed by atoms with Crippen LogP contribution in [0, 0.1) is 5.92 Å². The zero-order valence-corrected chi connectivity index (χ0v) is 15.4. The molecule has 3 amide bonds. The van der Waals surface area contributed by atoms with Crippen molar-refractivity contribution in [2.75, 3.05) is 7.11 Å². The van der Waals surface area contributed by atoms with Crippen molar-refractivity contribution in [1.29, 1.82) is 0 Å². The van der Waals surface area contributed by atoms with Crippen molar-refractivity contribution in [3.63, 3.8) is 0 Å². The molecule has 140 valence electrons. The van der Waals surface area contributed by atoms with Crippen LogP contribution in [0.5, 0.6) is 5.75 Å². The molecular weight excluding hydrogens is 346 g/mol. The molecule has 4 rings (SSSR count). The van der Waals surface area contributed by atoms with Gasteiger partial charge in [-0.1, -0.05) is 19.1 Å². The topological polar surface area (TPSA) is 84.1 Å². The second-order valence-corrected chi connectivity index (χ2v) is 7.20. The van der Waals surface area contributed by atoms with Crippen molar-refractivity contribution in [3.05, 3.63) is 53.5 Å². The fourth-order valence-corrected chi connectivity index (χ4v) is 3.32. The second kappa shape index (κ2) is 6.26. The number of hydrazone groups is 1. The maximum atomic E-state index is 12.8. The van der Waals surface area contributed by atoms with Crippen molar-refractivity contribution in [1.82, 2.24) is 10.3 Å². The number of nitrogens with zero attached hydrogens (tertiary/aromatic N) is 2. The van der Waals surface area contributed by atoms with E-state index in [2.05, 4.69) is 17.3 Å². The number of hydrogen-bond donors (Lipinski definition) is 1. The van der Waals surface area contributed by atoms with Crippen LogP contribution in [0.1, 0.15) is 43.3 Å². The molecule has 1 saturated heterocycles. The Morgan fingerprint density at radius 2 is 1.96 bits per heavy atom. The van der Waals surface area contributed by atoms with Gasteiger partial charge in [-0.15, -0.1) is 5.01 Å². The molecule has 1 N–H and O–H groups in total. The first-order valence-corrected chi connectivity index (χ1v) is 8.87. The molecular formula is C20H21N3O4. The van der Waals surface area contributed by atoms with Crippen molar-refractivity contribution in [2.45, 2.75) is 31.7 Å². The molecule has 1 aliphatic carbocycles. The Morgan fingerprint density at radius 1 is 1.26 bits per heavy atom. The number of hydrogen-bond acceptors (Lipinski definition) is 5. The fourth-order valence-electron chi connectivity index (χ4n) is 3.32. The first-order chi connectivity index (χ1) is 12.9. The third kappa shape index (κ3) is 2.99. The van der Waals surface area contributed by atoms with E-state index in [0.29, 0.717) is 28.9 Å². The van der Waals surface area contributed by atoms with E-state index in [1.807, 2.05) is 6.07 Å². The zero-order valence-electron chi connectivity index (χ0n) is 15.4. The Bertz CT molecular complexity index is 918. The highest BCUT2D eigenvalue weighted by Crippen LogP contribution is 2.47. The van der Waals surface area contributed by atoms with Gasteiger partial charge in [0, 0.05) is 5.92 Å². The first-order valence-electron chi connectivity index (χ1n) is 8.87. The van der Waals surface area contributed by atoms with E-state index < -0.39 is 17.5 Å². The smallest absolute Gasteiger partial charge is 0.346 e. The number of methoxy groups -OCH3 is 1. The molecule has 0 unspecified atom stereocenters. The minimum atomic E-state index is -1.18. The monoisotopic (exact) mass is 367 g/mol. The van der Waals surface area contributed by atoms with E-state index >= 15 is 0 Å². The number of imide groups is 1. The van der Waals surface area contributed by atoms with Crippen LogP contribution in [-0.2, 0) is 10.3 Å². The third-order valence-corrected chi connectivity index (χ3v) is 5.26. The number of ether oxygens (including phenoxy) is 1. The van der Waals surface area contributed by atoms with E-state index in [4.69, 9.17) is 9.15 Å². The van der Waals surface area contributed by atoms with E-state index in [1.165, 1.54) is 6.21 Å². The van der Waals surface area contributed by atoms with Gasteiger partial charge >= 0.3 is 6.03 Å². The van der Waals surface area contributed by atoms with Crippen LogP contribution in [-0.4, -0.2) is 30.3 Å². The molecule has 2 fully saturated rings. The van der Waals surface area contributed by atoms with Crippen molar-refractivity contribution < 1.29 is 18.7 Å². The number of nitrogens with one attached hydrogen (secondary N) is 1. The highest BCUT2D eigenvalue weighted by atomic mass is 16.5. The van der Waals surface area contributed by atoms with E-state index in [1.54, 1.807) is 44.4 Å². The molecule has 1 aromatic heterocycles. The lowest BCUT2D eigenvalue weighted by molar-refractivity contribution is -0.131. The number of benzene rings is 1. The van der Waals surface area contributed by atoms with Crippen LogP contribution < -0.4 is 10.1 Å². The van der Waals surface area contributed by atoms with Crippen molar-refractivity contribution in [3.8, 4) is 5.75 Å². The average Bonchev–Trinajstić information content (AvgIpc) is 3.12. The van der Waals surface area contributed by atoms with Crippen LogP contribution >= 0.6 is 0 Å². The molecule has 0 radical (unpaired) electrons. The van der Waals surface area contributed by atoms with Gasteiger partial charge in [-0.2, -0.15) is 5.10 Å². The third-order valence-electron chi connectivity index (χ3n) is 5.26. The van der Waals surface area contributed by atoms with Crippen molar-refractivity contribution in [2.24, 2.45) is 11.0 Å². The summed E-state index contributed by atoms with van der Waals surface area (Å²) in [6.07, 6.45) is 2.52. The van der Waals surface area contributed by atoms with Crippen LogP contribution in [0.4, 0.5) is 4.79 Å². The average molecular weight is 367 g/mol. The number of amides is 3. The lowest BCUT2D eigenvalue weighted by Crippen LogP contribution is -2.40. The summed E-state index contributed by atoms with van der Waals surface area (Å²) < 4.78 is 10.9. The molecule has 1 aliphatic heterocycles. The quantitative estimate of drug-likeness (QED) is 0.650. The Morgan fingerprint density at radius 3 is 2.59 bits per heavy atom. The zero-order chi connectivity index (χ0) is 19.2. The van der Waals surface area contributed by atoms with Crippen LogP contribution in [0.15, 0.2) is 45.9 Å². The predicted molar refractivity (Wildman–Crippen MR) is 98.5 cm³/mol. The van der Waals surface area contributed by atoms with Gasteiger partial charge in [-0.25, -0.2) is 4.79 Å². The Balaban J connectivity index is 1.52. The summed E-state index contributed by atoms with van der Waals surface area (Å²) in [6.45, 7) is 3.83. The second-order valence-electron chi connectivity index (χ2n) is 7.20. The minimum Gasteiger partial charge on any atom is -0.497 e. The molecule has 0 bridgehead atoms. The van der Waals surface area contributed by atoms with Gasteiger partial charge < -0.3 is 14.5 Å². The predicted octanol–water partition coefficient (Wildman–Crippen LogP) is 3.21. The van der Waals surface area contributed by atoms with Gasteiger partial charge in [0.15, 0.2) is 0 Å². The number of carbonyl (C=O) groups is 2. The Labute approximate surface area is 157 Å². The number of urea groups is 1. The SMILES string of the molecule is COc1ccc([C@@]2(C)NC(=O)N(/N=C\c3ccc([C@H]4C[C@@H]4C)o3)C2=O)cc1. The first kappa shape index (κ1) is 17.3. The summed E-state index contributed by atoms with van der Waals surface area (Å²) in [6, 6.07) is 10.1. The number of carbonyl (C=O) groups excluding carboxylic acids is 2.